The minimum absolute atomic E-state index is 0.126. The van der Waals surface area contributed by atoms with Crippen LogP contribution < -0.4 is 0 Å². The Labute approximate surface area is 335 Å². The van der Waals surface area contributed by atoms with Crippen molar-refractivity contribution in [3.8, 4) is 0 Å². The Kier molecular flexibility index (Phi) is 34.7. The summed E-state index contributed by atoms with van der Waals surface area (Å²) in [6.07, 6.45) is 39.6. The molecule has 1 aliphatic heterocycles. The third-order valence-electron chi connectivity index (χ3n) is 9.67. The first kappa shape index (κ1) is 50.9. The normalized spacial score (nSPS) is 21.3. The van der Waals surface area contributed by atoms with E-state index in [2.05, 4.69) is 74.6 Å². The lowest BCUT2D eigenvalue weighted by molar-refractivity contribution is -0.305. The van der Waals surface area contributed by atoms with Gasteiger partial charge in [-0.05, 0) is 77.0 Å². The van der Waals surface area contributed by atoms with Crippen molar-refractivity contribution in [3.63, 3.8) is 0 Å². The number of esters is 1. The molecule has 9 heteroatoms. The van der Waals surface area contributed by atoms with Crippen molar-refractivity contribution in [3.05, 3.63) is 60.8 Å². The number of rotatable bonds is 36. The molecule has 4 N–H and O–H groups in total. The molecule has 318 valence electrons. The van der Waals surface area contributed by atoms with Crippen LogP contribution in [0.15, 0.2) is 60.8 Å². The zero-order chi connectivity index (χ0) is 40.0. The summed E-state index contributed by atoms with van der Waals surface area (Å²) in [5.74, 6) is -0.347. The Hall–Kier alpha value is -2.11. The number of carbonyl (C=O) groups is 1. The van der Waals surface area contributed by atoms with Crippen molar-refractivity contribution >= 4 is 5.97 Å². The molecule has 1 rings (SSSR count). The monoisotopic (exact) mass is 777 g/mol. The fraction of sp³-hybridized carbons (Fsp3) is 0.761. The first-order chi connectivity index (χ1) is 26.9. The molecule has 0 aromatic rings. The van der Waals surface area contributed by atoms with Gasteiger partial charge in [-0.3, -0.25) is 4.79 Å². The van der Waals surface area contributed by atoms with Crippen LogP contribution in [0.3, 0.4) is 0 Å². The average molecular weight is 777 g/mol. The van der Waals surface area contributed by atoms with Gasteiger partial charge in [0, 0.05) is 13.0 Å². The van der Waals surface area contributed by atoms with Crippen LogP contribution in [-0.4, -0.2) is 89.6 Å². The molecule has 1 aliphatic rings. The Bertz CT molecular complexity index is 1020. The van der Waals surface area contributed by atoms with Gasteiger partial charge < -0.3 is 39.4 Å². The van der Waals surface area contributed by atoms with Crippen molar-refractivity contribution in [2.45, 2.75) is 198 Å². The zero-order valence-electron chi connectivity index (χ0n) is 34.7. The molecular weight excluding hydrogens is 696 g/mol. The smallest absolute Gasteiger partial charge is 0.306 e. The molecule has 0 bridgehead atoms. The summed E-state index contributed by atoms with van der Waals surface area (Å²) in [6.45, 7) is 4.36. The van der Waals surface area contributed by atoms with Crippen LogP contribution in [0.25, 0.3) is 0 Å². The van der Waals surface area contributed by atoms with E-state index in [0.29, 0.717) is 13.0 Å². The first-order valence-corrected chi connectivity index (χ1v) is 21.9. The van der Waals surface area contributed by atoms with Crippen LogP contribution in [0.2, 0.25) is 0 Å². The van der Waals surface area contributed by atoms with Crippen molar-refractivity contribution in [1.29, 1.82) is 0 Å². The Morgan fingerprint density at radius 1 is 0.600 bits per heavy atom. The highest BCUT2D eigenvalue weighted by molar-refractivity contribution is 5.69. The van der Waals surface area contributed by atoms with Crippen molar-refractivity contribution in [2.24, 2.45) is 0 Å². The van der Waals surface area contributed by atoms with Gasteiger partial charge in [0.1, 0.15) is 30.5 Å². The second kappa shape index (κ2) is 37.5. The van der Waals surface area contributed by atoms with E-state index < -0.39 is 43.4 Å². The molecule has 6 atom stereocenters. The maximum atomic E-state index is 12.7. The molecule has 6 unspecified atom stereocenters. The van der Waals surface area contributed by atoms with Gasteiger partial charge in [0.15, 0.2) is 6.29 Å². The highest BCUT2D eigenvalue weighted by atomic mass is 16.7. The van der Waals surface area contributed by atoms with Crippen LogP contribution in [0.5, 0.6) is 0 Å². The third-order valence-corrected chi connectivity index (χ3v) is 9.67. The standard InChI is InChI=1S/C46H80O9/c1-3-5-7-9-11-13-15-17-18-19-20-21-22-24-26-28-30-32-34-36-52-38-40(39-53-46-45(51)44(50)43(49)41(37-47)55-46)54-42(48)35-33-31-29-27-25-23-16-14-12-10-8-6-4-2/h6,8,12-15,18-19,23,25,40-41,43-47,49-51H,3-5,7,9-11,16-17,20-22,24,26-39H2,1-2H3/b8-6-,14-12-,15-13-,19-18-,25-23-. The summed E-state index contributed by atoms with van der Waals surface area (Å²) >= 11 is 0. The molecule has 0 saturated carbocycles. The first-order valence-electron chi connectivity index (χ1n) is 21.9. The van der Waals surface area contributed by atoms with E-state index in [1.807, 2.05) is 0 Å². The molecule has 1 heterocycles. The van der Waals surface area contributed by atoms with Gasteiger partial charge in [-0.2, -0.15) is 0 Å². The minimum atomic E-state index is -1.54. The van der Waals surface area contributed by atoms with E-state index >= 15 is 0 Å². The number of ether oxygens (including phenoxy) is 4. The van der Waals surface area contributed by atoms with Crippen LogP contribution >= 0.6 is 0 Å². The fourth-order valence-electron chi connectivity index (χ4n) is 6.24. The van der Waals surface area contributed by atoms with Crippen LogP contribution in [0, 0.1) is 0 Å². The maximum Gasteiger partial charge on any atom is 0.306 e. The second-order valence-corrected chi connectivity index (χ2v) is 14.8. The van der Waals surface area contributed by atoms with Crippen molar-refractivity contribution in [1.82, 2.24) is 0 Å². The number of aliphatic hydroxyl groups excluding tert-OH is 4. The Morgan fingerprint density at radius 3 is 1.67 bits per heavy atom. The number of hydrogen-bond acceptors (Lipinski definition) is 9. The molecule has 0 aliphatic carbocycles. The summed E-state index contributed by atoms with van der Waals surface area (Å²) in [5, 5.41) is 40.1. The Balaban J connectivity index is 2.29. The molecule has 9 nitrogen and oxygen atoms in total. The molecule has 0 aromatic heterocycles. The lowest BCUT2D eigenvalue weighted by atomic mass is 9.99. The predicted molar refractivity (Wildman–Crippen MR) is 224 cm³/mol. The lowest BCUT2D eigenvalue weighted by Gasteiger charge is -2.39. The molecule has 0 aromatic carbocycles. The van der Waals surface area contributed by atoms with Crippen LogP contribution in [-0.2, 0) is 23.7 Å². The largest absolute Gasteiger partial charge is 0.457 e. The predicted octanol–water partition coefficient (Wildman–Crippen LogP) is 9.52. The summed E-state index contributed by atoms with van der Waals surface area (Å²) in [5.41, 5.74) is 0. The van der Waals surface area contributed by atoms with Crippen LogP contribution in [0.1, 0.15) is 162 Å². The molecule has 1 saturated heterocycles. The lowest BCUT2D eigenvalue weighted by Crippen LogP contribution is -2.59. The van der Waals surface area contributed by atoms with Gasteiger partial charge in [-0.25, -0.2) is 0 Å². The highest BCUT2D eigenvalue weighted by Gasteiger charge is 2.44. The van der Waals surface area contributed by atoms with Crippen LogP contribution in [0.4, 0.5) is 0 Å². The summed E-state index contributed by atoms with van der Waals surface area (Å²) in [6, 6.07) is 0. The summed E-state index contributed by atoms with van der Waals surface area (Å²) in [4.78, 5) is 12.7. The maximum absolute atomic E-state index is 12.7. The van der Waals surface area contributed by atoms with E-state index in [-0.39, 0.29) is 25.6 Å². The summed E-state index contributed by atoms with van der Waals surface area (Å²) in [7, 11) is 0. The number of unbranched alkanes of at least 4 members (excludes halogenated alkanes) is 15. The number of carbonyl (C=O) groups excluding carboxylic acids is 1. The molecule has 1 fully saturated rings. The zero-order valence-corrected chi connectivity index (χ0v) is 34.7. The molecular formula is C46H80O9. The SMILES string of the molecule is CC/C=C\C/C=C\C/C=C\CCCCCC(=O)OC(COCCCCCCCCCC/C=C\C/C=C\CCCCCC)COC1OC(CO)C(O)C(O)C1O. The second-order valence-electron chi connectivity index (χ2n) is 14.8. The van der Waals surface area contributed by atoms with Gasteiger partial charge >= 0.3 is 5.97 Å². The highest BCUT2D eigenvalue weighted by Crippen LogP contribution is 2.22. The van der Waals surface area contributed by atoms with E-state index in [1.165, 1.54) is 70.6 Å². The van der Waals surface area contributed by atoms with E-state index in [9.17, 15) is 25.2 Å². The molecule has 0 amide bonds. The van der Waals surface area contributed by atoms with E-state index in [0.717, 1.165) is 64.2 Å². The topological polar surface area (TPSA) is 135 Å². The van der Waals surface area contributed by atoms with Gasteiger partial charge in [0.25, 0.3) is 0 Å². The summed E-state index contributed by atoms with van der Waals surface area (Å²) < 4.78 is 22.7. The van der Waals surface area contributed by atoms with E-state index in [1.54, 1.807) is 0 Å². The van der Waals surface area contributed by atoms with Gasteiger partial charge in [0.05, 0.1) is 19.8 Å². The third kappa shape index (κ3) is 28.9. The van der Waals surface area contributed by atoms with Crippen molar-refractivity contribution < 1.29 is 44.2 Å². The van der Waals surface area contributed by atoms with Gasteiger partial charge in [-0.1, -0.05) is 139 Å². The number of hydrogen-bond donors (Lipinski definition) is 4. The Morgan fingerprint density at radius 2 is 1.11 bits per heavy atom. The van der Waals surface area contributed by atoms with Gasteiger partial charge in [-0.15, -0.1) is 0 Å². The average Bonchev–Trinajstić information content (AvgIpc) is 3.18. The fourth-order valence-corrected chi connectivity index (χ4v) is 6.24. The van der Waals surface area contributed by atoms with Gasteiger partial charge in [0.2, 0.25) is 0 Å². The minimum Gasteiger partial charge on any atom is -0.457 e. The van der Waals surface area contributed by atoms with Crippen molar-refractivity contribution in [2.75, 3.05) is 26.4 Å². The molecule has 0 spiro atoms. The number of aliphatic hydroxyl groups is 4. The van der Waals surface area contributed by atoms with E-state index in [4.69, 9.17) is 18.9 Å². The quantitative estimate of drug-likeness (QED) is 0.0279. The molecule has 55 heavy (non-hydrogen) atoms. The molecule has 0 radical (unpaired) electrons. The number of allylic oxidation sites excluding steroid dienone is 10.